The monoisotopic (exact) mass is 356 g/mol. The van der Waals surface area contributed by atoms with Gasteiger partial charge in [0.25, 0.3) is 11.5 Å². The Bertz CT molecular complexity index is 798. The first-order valence-corrected chi connectivity index (χ1v) is 9.04. The number of nitrogens with zero attached hydrogens (tertiary/aromatic N) is 3. The van der Waals surface area contributed by atoms with Crippen molar-refractivity contribution in [3.05, 3.63) is 28.7 Å². The Kier molecular flexibility index (Phi) is 5.40. The average molecular weight is 356 g/mol. The second kappa shape index (κ2) is 7.14. The van der Waals surface area contributed by atoms with E-state index >= 15 is 0 Å². The second-order valence-electron chi connectivity index (χ2n) is 5.20. The van der Waals surface area contributed by atoms with Crippen LogP contribution >= 0.6 is 0 Å². The first kappa shape index (κ1) is 18.1. The van der Waals surface area contributed by atoms with Crippen LogP contribution in [-0.2, 0) is 21.4 Å². The molecular weight excluding hydrogens is 336 g/mol. The standard InChI is InChI=1S/C14H20N4O5S/c1-3-17(4-2)24(22,23)11-5-6-12(19)16(9-11)10-13(20)18-8-7-15-14(18)21/h5-6,9H,3-4,7-8,10H2,1-2H3,(H,15,21). The zero-order valence-electron chi connectivity index (χ0n) is 13.6. The second-order valence-corrected chi connectivity index (χ2v) is 7.14. The van der Waals surface area contributed by atoms with Crippen LogP contribution in [-0.4, -0.2) is 60.3 Å². The smallest absolute Gasteiger partial charge is 0.324 e. The van der Waals surface area contributed by atoms with Crippen LogP contribution in [0.5, 0.6) is 0 Å². The minimum atomic E-state index is -3.74. The van der Waals surface area contributed by atoms with Gasteiger partial charge in [0.05, 0.1) is 4.90 Å². The van der Waals surface area contributed by atoms with E-state index in [-0.39, 0.29) is 11.4 Å². The van der Waals surface area contributed by atoms with Gasteiger partial charge in [-0.3, -0.25) is 14.5 Å². The molecule has 0 saturated carbocycles. The van der Waals surface area contributed by atoms with E-state index in [1.165, 1.54) is 10.4 Å². The van der Waals surface area contributed by atoms with Crippen molar-refractivity contribution in [1.82, 2.24) is 19.1 Å². The van der Waals surface area contributed by atoms with Gasteiger partial charge in [-0.1, -0.05) is 13.8 Å². The van der Waals surface area contributed by atoms with Crippen molar-refractivity contribution >= 4 is 22.0 Å². The number of sulfonamides is 1. The lowest BCUT2D eigenvalue weighted by Crippen LogP contribution is -2.39. The maximum Gasteiger partial charge on any atom is 0.324 e. The number of aromatic nitrogens is 1. The molecule has 2 heterocycles. The summed E-state index contributed by atoms with van der Waals surface area (Å²) in [6.07, 6.45) is 1.14. The molecule has 0 unspecified atom stereocenters. The minimum absolute atomic E-state index is 0.0653. The van der Waals surface area contributed by atoms with Gasteiger partial charge in [-0.2, -0.15) is 4.31 Å². The molecule has 1 fully saturated rings. The molecule has 0 bridgehead atoms. The summed E-state index contributed by atoms with van der Waals surface area (Å²) in [4.78, 5) is 36.5. The predicted molar refractivity (Wildman–Crippen MR) is 85.9 cm³/mol. The summed E-state index contributed by atoms with van der Waals surface area (Å²) in [6.45, 7) is 4.21. The number of hydrogen-bond donors (Lipinski definition) is 1. The van der Waals surface area contributed by atoms with Crippen molar-refractivity contribution in [2.75, 3.05) is 26.2 Å². The maximum absolute atomic E-state index is 12.5. The van der Waals surface area contributed by atoms with E-state index < -0.39 is 34.1 Å². The summed E-state index contributed by atoms with van der Waals surface area (Å²) < 4.78 is 27.3. The number of carbonyl (C=O) groups is 2. The number of imide groups is 1. The van der Waals surface area contributed by atoms with Crippen LogP contribution in [0, 0.1) is 0 Å². The molecule has 1 aromatic heterocycles. The van der Waals surface area contributed by atoms with Crippen molar-refractivity contribution < 1.29 is 18.0 Å². The third kappa shape index (κ3) is 3.49. The Hall–Kier alpha value is -2.20. The zero-order chi connectivity index (χ0) is 17.9. The Labute approximate surface area is 139 Å². The van der Waals surface area contributed by atoms with E-state index in [0.717, 1.165) is 21.7 Å². The number of hydrogen-bond acceptors (Lipinski definition) is 5. The highest BCUT2D eigenvalue weighted by atomic mass is 32.2. The van der Waals surface area contributed by atoms with Gasteiger partial charge in [0.15, 0.2) is 0 Å². The fourth-order valence-electron chi connectivity index (χ4n) is 2.44. The third-order valence-corrected chi connectivity index (χ3v) is 5.80. The zero-order valence-corrected chi connectivity index (χ0v) is 14.4. The molecule has 0 spiro atoms. The van der Waals surface area contributed by atoms with E-state index in [4.69, 9.17) is 0 Å². The van der Waals surface area contributed by atoms with E-state index in [0.29, 0.717) is 19.6 Å². The first-order chi connectivity index (χ1) is 11.3. The van der Waals surface area contributed by atoms with Gasteiger partial charge >= 0.3 is 6.03 Å². The molecule has 2 rings (SSSR count). The van der Waals surface area contributed by atoms with Gasteiger partial charge in [-0.15, -0.1) is 0 Å². The quantitative estimate of drug-likeness (QED) is 0.734. The van der Waals surface area contributed by atoms with Crippen molar-refractivity contribution in [2.24, 2.45) is 0 Å². The Morgan fingerprint density at radius 1 is 1.25 bits per heavy atom. The third-order valence-electron chi connectivity index (χ3n) is 3.76. The molecule has 1 aliphatic heterocycles. The lowest BCUT2D eigenvalue weighted by Gasteiger charge is -2.19. The van der Waals surface area contributed by atoms with Gasteiger partial charge in [-0.25, -0.2) is 13.2 Å². The van der Waals surface area contributed by atoms with Crippen molar-refractivity contribution in [3.63, 3.8) is 0 Å². The number of pyridine rings is 1. The summed E-state index contributed by atoms with van der Waals surface area (Å²) in [5, 5.41) is 2.49. The van der Waals surface area contributed by atoms with Crippen LogP contribution in [0.3, 0.4) is 0 Å². The fourth-order valence-corrected chi connectivity index (χ4v) is 3.92. The summed E-state index contributed by atoms with van der Waals surface area (Å²) in [6, 6.07) is 1.81. The summed E-state index contributed by atoms with van der Waals surface area (Å²) in [5.41, 5.74) is -0.513. The summed E-state index contributed by atoms with van der Waals surface area (Å²) >= 11 is 0. The van der Waals surface area contributed by atoms with Crippen LogP contribution in [0.25, 0.3) is 0 Å². The number of urea groups is 1. The molecule has 0 radical (unpaired) electrons. The minimum Gasteiger partial charge on any atom is -0.336 e. The van der Waals surface area contributed by atoms with E-state index in [1.54, 1.807) is 13.8 Å². The Morgan fingerprint density at radius 2 is 1.92 bits per heavy atom. The molecule has 9 nitrogen and oxygen atoms in total. The van der Waals surface area contributed by atoms with E-state index in [9.17, 15) is 22.8 Å². The molecule has 132 valence electrons. The van der Waals surface area contributed by atoms with Gasteiger partial charge < -0.3 is 9.88 Å². The Balaban J connectivity index is 2.31. The normalized spacial score (nSPS) is 15.0. The van der Waals surface area contributed by atoms with Gasteiger partial charge in [0.2, 0.25) is 10.0 Å². The van der Waals surface area contributed by atoms with Crippen molar-refractivity contribution in [2.45, 2.75) is 25.3 Å². The van der Waals surface area contributed by atoms with Crippen molar-refractivity contribution in [1.29, 1.82) is 0 Å². The molecule has 1 aliphatic rings. The molecule has 0 aromatic carbocycles. The molecule has 10 heteroatoms. The van der Waals surface area contributed by atoms with Gasteiger partial charge in [-0.05, 0) is 6.07 Å². The molecule has 0 atom stereocenters. The molecule has 24 heavy (non-hydrogen) atoms. The molecule has 3 amide bonds. The summed E-state index contributed by atoms with van der Waals surface area (Å²) in [7, 11) is -3.74. The van der Waals surface area contributed by atoms with E-state index in [2.05, 4.69) is 5.32 Å². The lowest BCUT2D eigenvalue weighted by atomic mass is 10.4. The maximum atomic E-state index is 12.5. The number of amides is 3. The number of rotatable bonds is 6. The van der Waals surface area contributed by atoms with Crippen LogP contribution in [0.1, 0.15) is 13.8 Å². The van der Waals surface area contributed by atoms with Gasteiger partial charge in [0.1, 0.15) is 6.54 Å². The predicted octanol–water partition coefficient (Wildman–Crippen LogP) is -0.569. The van der Waals surface area contributed by atoms with Crippen LogP contribution in [0.4, 0.5) is 4.79 Å². The average Bonchev–Trinajstić information content (AvgIpc) is 2.96. The highest BCUT2D eigenvalue weighted by molar-refractivity contribution is 7.89. The van der Waals surface area contributed by atoms with Gasteiger partial charge in [0, 0.05) is 38.4 Å². The molecular formula is C14H20N4O5S. The highest BCUT2D eigenvalue weighted by Gasteiger charge is 2.27. The molecule has 1 N–H and O–H groups in total. The number of carbonyl (C=O) groups excluding carboxylic acids is 2. The molecule has 1 saturated heterocycles. The van der Waals surface area contributed by atoms with Crippen LogP contribution in [0.15, 0.2) is 28.0 Å². The van der Waals surface area contributed by atoms with E-state index in [1.807, 2.05) is 0 Å². The van der Waals surface area contributed by atoms with Crippen LogP contribution in [0.2, 0.25) is 0 Å². The summed E-state index contributed by atoms with van der Waals surface area (Å²) in [5.74, 6) is -0.565. The topological polar surface area (TPSA) is 109 Å². The molecule has 0 aliphatic carbocycles. The fraction of sp³-hybridized carbons (Fsp3) is 0.500. The van der Waals surface area contributed by atoms with Crippen molar-refractivity contribution in [3.8, 4) is 0 Å². The SMILES string of the molecule is CCN(CC)S(=O)(=O)c1ccc(=O)n(CC(=O)N2CCNC2=O)c1. The number of nitrogens with one attached hydrogen (secondary N) is 1. The molecule has 1 aromatic rings. The lowest BCUT2D eigenvalue weighted by molar-refractivity contribution is -0.128. The first-order valence-electron chi connectivity index (χ1n) is 7.60. The van der Waals surface area contributed by atoms with Crippen LogP contribution < -0.4 is 10.9 Å². The Morgan fingerprint density at radius 3 is 2.46 bits per heavy atom. The largest absolute Gasteiger partial charge is 0.336 e. The highest BCUT2D eigenvalue weighted by Crippen LogP contribution is 2.13.